The summed E-state index contributed by atoms with van der Waals surface area (Å²) in [6.45, 7) is 3.79. The maximum absolute atomic E-state index is 8.49. The first-order valence-electron chi connectivity index (χ1n) is 10.3. The average molecular weight is 453 g/mol. The number of nitrogens with one attached hydrogen (secondary N) is 3. The molecule has 0 unspecified atom stereocenters. The Morgan fingerprint density at radius 3 is 2.72 bits per heavy atom. The van der Waals surface area contributed by atoms with E-state index in [1.54, 1.807) is 30.0 Å². The lowest BCUT2D eigenvalue weighted by Gasteiger charge is -2.35. The largest absolute Gasteiger partial charge is 0.494 e. The second kappa shape index (κ2) is 9.43. The van der Waals surface area contributed by atoms with Crippen LogP contribution in [0, 0.1) is 5.41 Å². The number of ether oxygens (including phenoxy) is 1. The number of piperazine rings is 1. The van der Waals surface area contributed by atoms with Crippen molar-refractivity contribution in [3.63, 3.8) is 0 Å². The van der Waals surface area contributed by atoms with E-state index in [0.717, 1.165) is 47.6 Å². The van der Waals surface area contributed by atoms with Crippen molar-refractivity contribution in [1.82, 2.24) is 15.3 Å². The fourth-order valence-electron chi connectivity index (χ4n) is 3.68. The summed E-state index contributed by atoms with van der Waals surface area (Å²) >= 11 is 1.54. The number of aromatic nitrogens is 1. The summed E-state index contributed by atoms with van der Waals surface area (Å²) in [6, 6.07) is 9.51. The minimum Gasteiger partial charge on any atom is -0.494 e. The molecule has 0 atom stereocenters. The molecule has 10 heteroatoms. The van der Waals surface area contributed by atoms with E-state index in [1.165, 1.54) is 0 Å². The van der Waals surface area contributed by atoms with E-state index >= 15 is 0 Å². The normalized spacial score (nSPS) is 15.1. The van der Waals surface area contributed by atoms with Gasteiger partial charge in [-0.2, -0.15) is 0 Å². The molecule has 0 amide bonds. The van der Waals surface area contributed by atoms with Crippen molar-refractivity contribution in [2.24, 2.45) is 5.84 Å². The maximum atomic E-state index is 8.49. The quantitative estimate of drug-likeness (QED) is 0.160. The standard InChI is InChI=1S/C22H28N8OS/c1-29-5-7-30(8-6-29)19-12-20(31-2)18(10-16(19)24)27-22(28-25)11-15(23)14-3-4-17-21(9-14)32-13-26-17/h3-4,9-13,23,27-28H,5-8,24-25H2,1-2H3/b22-11-,23-15?. The molecule has 0 bridgehead atoms. The third-order valence-corrected chi connectivity index (χ3v) is 6.34. The second-order valence-corrected chi connectivity index (χ2v) is 8.56. The third-order valence-electron chi connectivity index (χ3n) is 5.55. The fraction of sp³-hybridized carbons (Fsp3) is 0.273. The summed E-state index contributed by atoms with van der Waals surface area (Å²) in [5, 5.41) is 11.7. The lowest BCUT2D eigenvalue weighted by atomic mass is 10.1. The number of rotatable bonds is 7. The molecule has 9 nitrogen and oxygen atoms in total. The molecule has 0 spiro atoms. The number of hydrogen-bond acceptors (Lipinski definition) is 10. The summed E-state index contributed by atoms with van der Waals surface area (Å²) in [7, 11) is 3.74. The van der Waals surface area contributed by atoms with Crippen molar-refractivity contribution in [1.29, 1.82) is 5.41 Å². The molecule has 0 saturated carbocycles. The predicted molar refractivity (Wildman–Crippen MR) is 133 cm³/mol. The summed E-state index contributed by atoms with van der Waals surface area (Å²) in [5.74, 6) is 6.83. The number of nitrogens with zero attached hydrogens (tertiary/aromatic N) is 3. The molecule has 1 saturated heterocycles. The first-order chi connectivity index (χ1) is 15.5. The van der Waals surface area contributed by atoms with Crippen LogP contribution in [0.15, 0.2) is 47.7 Å². The highest BCUT2D eigenvalue weighted by atomic mass is 32.1. The number of nitrogen functional groups attached to an aromatic ring is 1. The van der Waals surface area contributed by atoms with Crippen LogP contribution in [-0.4, -0.2) is 55.9 Å². The van der Waals surface area contributed by atoms with Crippen LogP contribution >= 0.6 is 11.3 Å². The number of likely N-dealkylation sites (N-methyl/N-ethyl adjacent to an activating group) is 1. The molecule has 1 fully saturated rings. The monoisotopic (exact) mass is 452 g/mol. The van der Waals surface area contributed by atoms with Crippen molar-refractivity contribution in [2.45, 2.75) is 0 Å². The highest BCUT2D eigenvalue weighted by molar-refractivity contribution is 7.16. The Labute approximate surface area is 191 Å². The third kappa shape index (κ3) is 4.62. The second-order valence-electron chi connectivity index (χ2n) is 7.68. The number of anilines is 3. The van der Waals surface area contributed by atoms with Gasteiger partial charge in [-0.25, -0.2) is 10.8 Å². The molecule has 2 heterocycles. The molecule has 1 aromatic heterocycles. The maximum Gasteiger partial charge on any atom is 0.144 e. The number of thiazole rings is 1. The molecule has 168 valence electrons. The molecule has 7 N–H and O–H groups in total. The molecule has 1 aliphatic rings. The number of hydrazine groups is 1. The van der Waals surface area contributed by atoms with E-state index in [-0.39, 0.29) is 0 Å². The Morgan fingerprint density at radius 2 is 2.00 bits per heavy atom. The molecule has 3 aromatic rings. The van der Waals surface area contributed by atoms with Crippen LogP contribution in [0.2, 0.25) is 0 Å². The zero-order valence-corrected chi connectivity index (χ0v) is 19.0. The van der Waals surface area contributed by atoms with Crippen LogP contribution in [0.1, 0.15) is 5.56 Å². The zero-order chi connectivity index (χ0) is 22.7. The van der Waals surface area contributed by atoms with Crippen molar-refractivity contribution in [3.8, 4) is 5.75 Å². The number of methoxy groups -OCH3 is 1. The smallest absolute Gasteiger partial charge is 0.144 e. The molecular formula is C22H28N8OS. The van der Waals surface area contributed by atoms with Gasteiger partial charge in [0.1, 0.15) is 11.6 Å². The van der Waals surface area contributed by atoms with Gasteiger partial charge in [0.25, 0.3) is 0 Å². The molecule has 1 aliphatic heterocycles. The highest BCUT2D eigenvalue weighted by Crippen LogP contribution is 2.36. The van der Waals surface area contributed by atoms with Crippen LogP contribution in [0.25, 0.3) is 10.2 Å². The zero-order valence-electron chi connectivity index (χ0n) is 18.2. The predicted octanol–water partition coefficient (Wildman–Crippen LogP) is 2.42. The Hall–Kier alpha value is -3.34. The Kier molecular flexibility index (Phi) is 6.45. The summed E-state index contributed by atoms with van der Waals surface area (Å²) < 4.78 is 6.65. The van der Waals surface area contributed by atoms with Gasteiger partial charge < -0.3 is 36.4 Å². The van der Waals surface area contributed by atoms with Crippen LogP contribution in [0.3, 0.4) is 0 Å². The molecule has 32 heavy (non-hydrogen) atoms. The molecule has 0 aliphatic carbocycles. The van der Waals surface area contributed by atoms with E-state index in [4.69, 9.17) is 21.7 Å². The van der Waals surface area contributed by atoms with Gasteiger partial charge in [0.15, 0.2) is 0 Å². The molecular weight excluding hydrogens is 424 g/mol. The minimum atomic E-state index is 0.307. The van der Waals surface area contributed by atoms with Gasteiger partial charge in [-0.1, -0.05) is 6.07 Å². The average Bonchev–Trinajstić information content (AvgIpc) is 3.27. The summed E-state index contributed by atoms with van der Waals surface area (Å²) in [4.78, 5) is 8.85. The van der Waals surface area contributed by atoms with Gasteiger partial charge in [-0.3, -0.25) is 0 Å². The molecule has 0 radical (unpaired) electrons. The van der Waals surface area contributed by atoms with Gasteiger partial charge in [-0.15, -0.1) is 11.3 Å². The minimum absolute atomic E-state index is 0.307. The van der Waals surface area contributed by atoms with E-state index in [9.17, 15) is 0 Å². The van der Waals surface area contributed by atoms with E-state index in [2.05, 4.69) is 32.6 Å². The Morgan fingerprint density at radius 1 is 1.22 bits per heavy atom. The van der Waals surface area contributed by atoms with Crippen molar-refractivity contribution >= 4 is 44.3 Å². The Balaban J connectivity index is 1.56. The van der Waals surface area contributed by atoms with Crippen LogP contribution in [0.5, 0.6) is 5.75 Å². The van der Waals surface area contributed by atoms with Crippen LogP contribution < -0.4 is 32.0 Å². The molecule has 2 aromatic carbocycles. The lowest BCUT2D eigenvalue weighted by Crippen LogP contribution is -2.44. The van der Waals surface area contributed by atoms with Crippen molar-refractivity contribution in [2.75, 3.05) is 56.3 Å². The highest BCUT2D eigenvalue weighted by Gasteiger charge is 2.19. The van der Waals surface area contributed by atoms with Gasteiger partial charge in [0.05, 0.1) is 45.6 Å². The first-order valence-corrected chi connectivity index (χ1v) is 11.1. The SMILES string of the molecule is COc1cc(N2CCN(C)CC2)c(N)cc1N/C(=C/C(=N)c1ccc2ncsc2c1)NN. The van der Waals surface area contributed by atoms with Crippen molar-refractivity contribution < 1.29 is 4.74 Å². The van der Waals surface area contributed by atoms with Gasteiger partial charge in [0, 0.05) is 43.9 Å². The van der Waals surface area contributed by atoms with Crippen molar-refractivity contribution in [3.05, 3.63) is 53.3 Å². The van der Waals surface area contributed by atoms with Gasteiger partial charge in [0.2, 0.25) is 0 Å². The van der Waals surface area contributed by atoms with E-state index in [1.807, 2.05) is 30.3 Å². The summed E-state index contributed by atoms with van der Waals surface area (Å²) in [6.07, 6.45) is 1.63. The Bertz CT molecular complexity index is 1150. The number of allylic oxidation sites excluding steroid dienone is 1. The number of nitrogens with two attached hydrogens (primary N) is 2. The van der Waals surface area contributed by atoms with Gasteiger partial charge >= 0.3 is 0 Å². The first kappa shape index (κ1) is 21.9. The number of benzene rings is 2. The fourth-order valence-corrected chi connectivity index (χ4v) is 4.40. The molecule has 4 rings (SSSR count). The lowest BCUT2D eigenvalue weighted by molar-refractivity contribution is 0.313. The van der Waals surface area contributed by atoms with E-state index in [0.29, 0.717) is 28.7 Å². The van der Waals surface area contributed by atoms with Crippen LogP contribution in [-0.2, 0) is 0 Å². The van der Waals surface area contributed by atoms with Crippen LogP contribution in [0.4, 0.5) is 17.1 Å². The summed E-state index contributed by atoms with van der Waals surface area (Å²) in [5.41, 5.74) is 15.1. The number of fused-ring (bicyclic) bond motifs is 1. The number of hydrogen-bond donors (Lipinski definition) is 5. The topological polar surface area (TPSA) is 129 Å². The van der Waals surface area contributed by atoms with E-state index < -0.39 is 0 Å². The van der Waals surface area contributed by atoms with Gasteiger partial charge in [-0.05, 0) is 25.2 Å².